The van der Waals surface area contributed by atoms with Crippen LogP contribution in [-0.4, -0.2) is 75.3 Å². The minimum absolute atomic E-state index is 0.0228. The lowest BCUT2D eigenvalue weighted by atomic mass is 9.96. The van der Waals surface area contributed by atoms with Crippen molar-refractivity contribution >= 4 is 11.8 Å². The Bertz CT molecular complexity index is 606. The molecule has 0 saturated carbocycles. The van der Waals surface area contributed by atoms with Gasteiger partial charge in [0.2, 0.25) is 11.8 Å². The standard InChI is InChI=1S/C18H29N5O2/c1-3-17(24)23-7-4-5-15(13-23)18(25)22-11-9-21(10-12-22)14-16-19-6-8-20(16)2/h6,8,15H,3-5,7,9-14H2,1-2H3/t15-/m0/s1. The highest BCUT2D eigenvalue weighted by atomic mass is 16.2. The van der Waals surface area contributed by atoms with Crippen LogP contribution in [0.1, 0.15) is 32.0 Å². The van der Waals surface area contributed by atoms with Crippen molar-refractivity contribution in [1.29, 1.82) is 0 Å². The molecular weight excluding hydrogens is 318 g/mol. The van der Waals surface area contributed by atoms with E-state index in [4.69, 9.17) is 0 Å². The molecule has 3 heterocycles. The molecule has 1 aromatic heterocycles. The predicted molar refractivity (Wildman–Crippen MR) is 94.7 cm³/mol. The number of imidazole rings is 1. The summed E-state index contributed by atoms with van der Waals surface area (Å²) >= 11 is 0. The molecule has 1 aromatic rings. The molecule has 2 aliphatic rings. The average Bonchev–Trinajstić information content (AvgIpc) is 3.06. The van der Waals surface area contributed by atoms with E-state index in [0.717, 1.165) is 57.9 Å². The molecule has 0 spiro atoms. The molecular formula is C18H29N5O2. The van der Waals surface area contributed by atoms with Crippen molar-refractivity contribution < 1.29 is 9.59 Å². The maximum Gasteiger partial charge on any atom is 0.227 e. The van der Waals surface area contributed by atoms with E-state index in [1.54, 1.807) is 0 Å². The first kappa shape index (κ1) is 17.9. The molecule has 7 nitrogen and oxygen atoms in total. The molecule has 0 radical (unpaired) electrons. The molecule has 1 atom stereocenters. The molecule has 2 fully saturated rings. The maximum absolute atomic E-state index is 12.8. The van der Waals surface area contributed by atoms with Gasteiger partial charge in [0.15, 0.2) is 0 Å². The molecule has 0 unspecified atom stereocenters. The van der Waals surface area contributed by atoms with Crippen molar-refractivity contribution in [2.75, 3.05) is 39.3 Å². The zero-order valence-corrected chi connectivity index (χ0v) is 15.4. The van der Waals surface area contributed by atoms with Crippen LogP contribution in [-0.2, 0) is 23.2 Å². The number of nitrogens with zero attached hydrogens (tertiary/aromatic N) is 5. The summed E-state index contributed by atoms with van der Waals surface area (Å²) in [7, 11) is 2.01. The van der Waals surface area contributed by atoms with Gasteiger partial charge in [-0.15, -0.1) is 0 Å². The van der Waals surface area contributed by atoms with Crippen LogP contribution >= 0.6 is 0 Å². The normalized spacial score (nSPS) is 22.2. The number of aryl methyl sites for hydroxylation is 1. The fraction of sp³-hybridized carbons (Fsp3) is 0.722. The summed E-state index contributed by atoms with van der Waals surface area (Å²) in [5, 5.41) is 0. The van der Waals surface area contributed by atoms with Crippen LogP contribution in [0.4, 0.5) is 0 Å². The van der Waals surface area contributed by atoms with Gasteiger partial charge in [-0.2, -0.15) is 0 Å². The number of carbonyl (C=O) groups is 2. The van der Waals surface area contributed by atoms with E-state index >= 15 is 0 Å². The van der Waals surface area contributed by atoms with Crippen LogP contribution in [0.2, 0.25) is 0 Å². The number of piperidine rings is 1. The van der Waals surface area contributed by atoms with Gasteiger partial charge in [-0.1, -0.05) is 6.92 Å². The summed E-state index contributed by atoms with van der Waals surface area (Å²) in [6.45, 7) is 7.39. The second-order valence-corrected chi connectivity index (χ2v) is 7.09. The molecule has 2 saturated heterocycles. The van der Waals surface area contributed by atoms with Crippen molar-refractivity contribution in [1.82, 2.24) is 24.3 Å². The van der Waals surface area contributed by atoms with Gasteiger partial charge in [-0.25, -0.2) is 4.98 Å². The maximum atomic E-state index is 12.8. The van der Waals surface area contributed by atoms with Gasteiger partial charge >= 0.3 is 0 Å². The average molecular weight is 347 g/mol. The smallest absolute Gasteiger partial charge is 0.227 e. The van der Waals surface area contributed by atoms with E-state index < -0.39 is 0 Å². The number of aromatic nitrogens is 2. The van der Waals surface area contributed by atoms with Gasteiger partial charge in [0.25, 0.3) is 0 Å². The third kappa shape index (κ3) is 4.21. The summed E-state index contributed by atoms with van der Waals surface area (Å²) in [6, 6.07) is 0. The van der Waals surface area contributed by atoms with Gasteiger partial charge in [-0.3, -0.25) is 14.5 Å². The van der Waals surface area contributed by atoms with E-state index in [2.05, 4.69) is 9.88 Å². The monoisotopic (exact) mass is 347 g/mol. The number of hydrogen-bond acceptors (Lipinski definition) is 4. The Kier molecular flexibility index (Phi) is 5.73. The molecule has 2 aliphatic heterocycles. The van der Waals surface area contributed by atoms with E-state index in [1.807, 2.05) is 40.7 Å². The molecule has 0 bridgehead atoms. The zero-order valence-electron chi connectivity index (χ0n) is 15.4. The highest BCUT2D eigenvalue weighted by Gasteiger charge is 2.32. The van der Waals surface area contributed by atoms with Crippen molar-refractivity contribution in [3.05, 3.63) is 18.2 Å². The molecule has 0 aromatic carbocycles. The predicted octanol–water partition coefficient (Wildman–Crippen LogP) is 0.713. The number of hydrogen-bond donors (Lipinski definition) is 0. The third-order valence-electron chi connectivity index (χ3n) is 5.40. The molecule has 138 valence electrons. The van der Waals surface area contributed by atoms with Crippen LogP contribution < -0.4 is 0 Å². The SMILES string of the molecule is CCC(=O)N1CCC[C@H](C(=O)N2CCN(Cc3nccn3C)CC2)C1. The minimum atomic E-state index is -0.0228. The molecule has 25 heavy (non-hydrogen) atoms. The van der Waals surface area contributed by atoms with Crippen LogP contribution in [0.5, 0.6) is 0 Å². The van der Waals surface area contributed by atoms with Gasteiger partial charge in [-0.05, 0) is 12.8 Å². The largest absolute Gasteiger partial charge is 0.342 e. The third-order valence-corrected chi connectivity index (χ3v) is 5.40. The summed E-state index contributed by atoms with van der Waals surface area (Å²) in [5.74, 6) is 1.42. The lowest BCUT2D eigenvalue weighted by Crippen LogP contribution is -2.52. The first-order chi connectivity index (χ1) is 12.1. The number of carbonyl (C=O) groups excluding carboxylic acids is 2. The van der Waals surface area contributed by atoms with E-state index in [0.29, 0.717) is 13.0 Å². The van der Waals surface area contributed by atoms with E-state index in [1.165, 1.54) is 0 Å². The fourth-order valence-corrected chi connectivity index (χ4v) is 3.76. The second-order valence-electron chi connectivity index (χ2n) is 7.09. The number of likely N-dealkylation sites (tertiary alicyclic amines) is 1. The first-order valence-corrected chi connectivity index (χ1v) is 9.33. The van der Waals surface area contributed by atoms with Gasteiger partial charge < -0.3 is 14.4 Å². The Balaban J connectivity index is 1.49. The lowest BCUT2D eigenvalue weighted by molar-refractivity contribution is -0.142. The second kappa shape index (κ2) is 7.99. The fourth-order valence-electron chi connectivity index (χ4n) is 3.76. The molecule has 7 heteroatoms. The van der Waals surface area contributed by atoms with E-state index in [-0.39, 0.29) is 17.7 Å². The minimum Gasteiger partial charge on any atom is -0.342 e. The Morgan fingerprint density at radius 1 is 1.16 bits per heavy atom. The van der Waals surface area contributed by atoms with Crippen LogP contribution in [0, 0.1) is 5.92 Å². The summed E-state index contributed by atoms with van der Waals surface area (Å²) in [5.41, 5.74) is 0. The van der Waals surface area contributed by atoms with Crippen molar-refractivity contribution in [3.63, 3.8) is 0 Å². The topological polar surface area (TPSA) is 61.7 Å². The Morgan fingerprint density at radius 3 is 2.56 bits per heavy atom. The number of amides is 2. The van der Waals surface area contributed by atoms with Crippen LogP contribution in [0.15, 0.2) is 12.4 Å². The molecule has 0 aliphatic carbocycles. The Morgan fingerprint density at radius 2 is 1.92 bits per heavy atom. The highest BCUT2D eigenvalue weighted by molar-refractivity contribution is 5.81. The number of rotatable bonds is 4. The van der Waals surface area contributed by atoms with Gasteiger partial charge in [0, 0.05) is 65.1 Å². The summed E-state index contributed by atoms with van der Waals surface area (Å²) in [6.07, 6.45) is 6.14. The van der Waals surface area contributed by atoms with Gasteiger partial charge in [0.05, 0.1) is 12.5 Å². The van der Waals surface area contributed by atoms with Crippen molar-refractivity contribution in [3.8, 4) is 0 Å². The summed E-state index contributed by atoms with van der Waals surface area (Å²) in [4.78, 5) is 35.3. The molecule has 3 rings (SSSR count). The van der Waals surface area contributed by atoms with E-state index in [9.17, 15) is 9.59 Å². The molecule has 2 amide bonds. The van der Waals surface area contributed by atoms with Crippen molar-refractivity contribution in [2.45, 2.75) is 32.7 Å². The quantitative estimate of drug-likeness (QED) is 0.805. The first-order valence-electron chi connectivity index (χ1n) is 9.33. The van der Waals surface area contributed by atoms with Crippen molar-refractivity contribution in [2.24, 2.45) is 13.0 Å². The van der Waals surface area contributed by atoms with Crippen LogP contribution in [0.3, 0.4) is 0 Å². The Labute approximate surface area is 149 Å². The number of piperazine rings is 1. The molecule has 0 N–H and O–H groups in total. The summed E-state index contributed by atoms with van der Waals surface area (Å²) < 4.78 is 2.04. The Hall–Kier alpha value is -1.89. The highest BCUT2D eigenvalue weighted by Crippen LogP contribution is 2.20. The lowest BCUT2D eigenvalue weighted by Gasteiger charge is -2.39. The van der Waals surface area contributed by atoms with Gasteiger partial charge in [0.1, 0.15) is 5.82 Å². The van der Waals surface area contributed by atoms with Crippen LogP contribution in [0.25, 0.3) is 0 Å². The zero-order chi connectivity index (χ0) is 17.8.